The smallest absolute Gasteiger partial charge is 0.280 e. The number of nitrogens with one attached hydrogen (secondary N) is 1. The Kier molecular flexibility index (Phi) is 5.80. The van der Waals surface area contributed by atoms with Crippen LogP contribution >= 0.6 is 0 Å². The summed E-state index contributed by atoms with van der Waals surface area (Å²) in [7, 11) is 1.31. The summed E-state index contributed by atoms with van der Waals surface area (Å²) in [6.45, 7) is -0.765. The number of likely N-dealkylation sites (tertiary alicyclic amines) is 1. The molecule has 1 N–H and O–H groups in total. The maximum Gasteiger partial charge on any atom is 0.280 e. The van der Waals surface area contributed by atoms with Crippen molar-refractivity contribution in [1.82, 2.24) is 29.0 Å². The minimum Gasteiger partial charge on any atom is -0.479 e. The number of hydrogen-bond donors (Lipinski definition) is 1. The summed E-state index contributed by atoms with van der Waals surface area (Å²) in [5, 5.41) is 6.87. The van der Waals surface area contributed by atoms with E-state index in [2.05, 4.69) is 20.4 Å². The second-order valence-corrected chi connectivity index (χ2v) is 9.31. The van der Waals surface area contributed by atoms with Crippen molar-refractivity contribution < 1.29 is 32.8 Å². The average molecular weight is 538 g/mol. The molecule has 2 aliphatic rings. The van der Waals surface area contributed by atoms with Crippen LogP contribution in [0.15, 0.2) is 30.7 Å². The van der Waals surface area contributed by atoms with E-state index in [4.69, 9.17) is 10.8 Å². The summed E-state index contributed by atoms with van der Waals surface area (Å²) in [4.78, 5) is 9.75. The van der Waals surface area contributed by atoms with Crippen molar-refractivity contribution in [2.24, 2.45) is 0 Å². The third kappa shape index (κ3) is 4.30. The van der Waals surface area contributed by atoms with Crippen LogP contribution in [0.4, 0.5) is 27.9 Å². The Morgan fingerprint density at radius 1 is 1.32 bits per heavy atom. The fraction of sp³-hybridized carbons (Fsp3) is 0.458. The van der Waals surface area contributed by atoms with Crippen LogP contribution in [0.2, 0.25) is 0 Å². The molecule has 0 aliphatic carbocycles. The van der Waals surface area contributed by atoms with E-state index in [1.54, 1.807) is 12.1 Å². The number of fused-ring (bicyclic) bond motifs is 2. The first-order valence-electron chi connectivity index (χ1n) is 12.4. The molecular formula is C24H24F5N7O2. The van der Waals surface area contributed by atoms with E-state index in [0.717, 1.165) is 10.7 Å². The number of piperidine rings is 1. The van der Waals surface area contributed by atoms with Crippen LogP contribution in [0.5, 0.6) is 5.88 Å². The van der Waals surface area contributed by atoms with Gasteiger partial charge in [-0.25, -0.2) is 31.5 Å². The molecule has 0 bridgehead atoms. The van der Waals surface area contributed by atoms with E-state index in [1.807, 2.05) is 0 Å². The quantitative estimate of drug-likeness (QED) is 0.360. The number of ether oxygens (including phenoxy) is 2. The van der Waals surface area contributed by atoms with Crippen LogP contribution in [-0.2, 0) is 11.3 Å². The minimum atomic E-state index is -3.20. The number of methoxy groups -OCH3 is 1. The summed E-state index contributed by atoms with van der Waals surface area (Å²) in [5.41, 5.74) is 1.41. The highest BCUT2D eigenvalue weighted by molar-refractivity contribution is 5.90. The van der Waals surface area contributed by atoms with E-state index < -0.39 is 43.3 Å². The topological polar surface area (TPSA) is 81.7 Å². The van der Waals surface area contributed by atoms with Gasteiger partial charge in [0.15, 0.2) is 5.82 Å². The Hall–Kier alpha value is -3.52. The van der Waals surface area contributed by atoms with Gasteiger partial charge in [-0.05, 0) is 24.1 Å². The number of hydrogen-bond acceptors (Lipinski definition) is 7. The molecule has 38 heavy (non-hydrogen) atoms. The molecule has 0 saturated carbocycles. The average Bonchev–Trinajstić information content (AvgIpc) is 3.41. The van der Waals surface area contributed by atoms with Crippen LogP contribution in [-0.4, -0.2) is 86.9 Å². The van der Waals surface area contributed by atoms with E-state index >= 15 is 13.2 Å². The number of nitrogens with zero attached hydrogens (tertiary/aromatic N) is 6. The normalized spacial score (nSPS) is 21.6. The molecule has 6 rings (SSSR count). The van der Waals surface area contributed by atoms with Gasteiger partial charge in [0.2, 0.25) is 11.8 Å². The van der Waals surface area contributed by atoms with E-state index in [0.29, 0.717) is 16.6 Å². The van der Waals surface area contributed by atoms with Gasteiger partial charge in [-0.15, -0.1) is 5.10 Å². The molecule has 0 unspecified atom stereocenters. The molecule has 0 radical (unpaired) electrons. The second kappa shape index (κ2) is 9.34. The first kappa shape index (κ1) is 23.6. The molecule has 0 amide bonds. The van der Waals surface area contributed by atoms with Crippen molar-refractivity contribution in [1.29, 1.82) is 0 Å². The van der Waals surface area contributed by atoms with Gasteiger partial charge < -0.3 is 19.4 Å². The molecule has 3 aromatic heterocycles. The van der Waals surface area contributed by atoms with Crippen molar-refractivity contribution in [3.05, 3.63) is 36.5 Å². The lowest BCUT2D eigenvalue weighted by atomic mass is 9.98. The van der Waals surface area contributed by atoms with E-state index in [-0.39, 0.29) is 49.1 Å². The highest BCUT2D eigenvalue weighted by Crippen LogP contribution is 2.36. The Balaban J connectivity index is 1.32. The van der Waals surface area contributed by atoms with Crippen LogP contribution in [0.25, 0.3) is 27.7 Å². The number of halogens is 5. The van der Waals surface area contributed by atoms with Crippen molar-refractivity contribution in [3.8, 4) is 17.0 Å². The zero-order valence-corrected chi connectivity index (χ0v) is 20.2. The molecule has 9 nitrogen and oxygen atoms in total. The summed E-state index contributed by atoms with van der Waals surface area (Å²) in [6, 6.07) is 2.25. The van der Waals surface area contributed by atoms with Gasteiger partial charge in [0.1, 0.15) is 5.52 Å². The fourth-order valence-corrected chi connectivity index (χ4v) is 4.93. The van der Waals surface area contributed by atoms with Gasteiger partial charge in [0.25, 0.3) is 12.3 Å². The highest BCUT2D eigenvalue weighted by atomic mass is 19.3. The van der Waals surface area contributed by atoms with Crippen molar-refractivity contribution in [2.45, 2.75) is 37.4 Å². The summed E-state index contributed by atoms with van der Waals surface area (Å²) in [5.74, 6) is -4.14. The first-order valence-corrected chi connectivity index (χ1v) is 11.9. The third-order valence-corrected chi connectivity index (χ3v) is 6.88. The van der Waals surface area contributed by atoms with Crippen LogP contribution in [0.1, 0.15) is 7.79 Å². The lowest BCUT2D eigenvalue weighted by molar-refractivity contribution is -0.131. The third-order valence-electron chi connectivity index (χ3n) is 6.88. The Morgan fingerprint density at radius 2 is 2.13 bits per heavy atom. The van der Waals surface area contributed by atoms with Gasteiger partial charge in [0.05, 0.1) is 76.0 Å². The summed E-state index contributed by atoms with van der Waals surface area (Å²) in [6.07, 6.45) is -0.213. The number of rotatable bonds is 7. The number of benzene rings is 1. The zero-order chi connectivity index (χ0) is 27.5. The molecule has 2 aliphatic heterocycles. The zero-order valence-electron chi connectivity index (χ0n) is 21.2. The monoisotopic (exact) mass is 538 g/mol. The molecule has 1 atom stereocenters. The van der Waals surface area contributed by atoms with Crippen LogP contribution in [0, 0.1) is 5.82 Å². The number of alkyl halides is 4. The van der Waals surface area contributed by atoms with Crippen molar-refractivity contribution in [3.63, 3.8) is 0 Å². The van der Waals surface area contributed by atoms with Crippen LogP contribution in [0.3, 0.4) is 0 Å². The van der Waals surface area contributed by atoms with Crippen molar-refractivity contribution >= 4 is 22.5 Å². The molecule has 2 fully saturated rings. The predicted octanol–water partition coefficient (Wildman–Crippen LogP) is 3.68. The SMILES string of the molecule is [2H]C1(N2CC[C@@H](Nc3nc(OC)c4c(-c5ccc6ncn(CC(F)F)c6c5)c(F)cn4n3)C(F)(F)C2)COC1. The lowest BCUT2D eigenvalue weighted by Gasteiger charge is -2.44. The number of imidazole rings is 1. The standard InChI is InChI=1S/C24H24F5N7O2/c1-37-22-21-20(13-2-3-16-17(6-13)35(12-30-16)8-19(26)27)15(25)7-36(21)33-23(32-22)31-18-4-5-34(11-24(18,28)29)14-9-38-10-14/h2-3,6-7,12,14,18-19H,4-5,8-11H2,1H3,(H,31,33)/t18-/m1/s1/i14D. The van der Waals surface area contributed by atoms with E-state index in [1.165, 1.54) is 29.0 Å². The molecule has 4 aromatic rings. The first-order chi connectivity index (χ1) is 18.6. The summed E-state index contributed by atoms with van der Waals surface area (Å²) < 4.78 is 92.5. The molecule has 1 aromatic carbocycles. The van der Waals surface area contributed by atoms with Gasteiger partial charge in [-0.2, -0.15) is 4.98 Å². The molecule has 14 heteroatoms. The molecule has 202 valence electrons. The van der Waals surface area contributed by atoms with Crippen molar-refractivity contribution in [2.75, 3.05) is 38.7 Å². The van der Waals surface area contributed by atoms with Gasteiger partial charge in [-0.3, -0.25) is 4.90 Å². The Morgan fingerprint density at radius 3 is 2.82 bits per heavy atom. The minimum absolute atomic E-state index is 0.0228. The Bertz CT molecular complexity index is 1540. The van der Waals surface area contributed by atoms with Gasteiger partial charge in [-0.1, -0.05) is 6.07 Å². The number of anilines is 1. The fourth-order valence-electron chi connectivity index (χ4n) is 4.93. The lowest BCUT2D eigenvalue weighted by Crippen LogP contribution is -2.61. The largest absolute Gasteiger partial charge is 0.479 e. The maximum absolute atomic E-state index is 15.3. The Labute approximate surface area is 214 Å². The molecule has 2 saturated heterocycles. The second-order valence-electron chi connectivity index (χ2n) is 9.31. The maximum atomic E-state index is 15.3. The molecular weight excluding hydrogens is 513 g/mol. The molecule has 0 spiro atoms. The highest BCUT2D eigenvalue weighted by Gasteiger charge is 2.47. The molecule has 5 heterocycles. The van der Waals surface area contributed by atoms with Gasteiger partial charge >= 0.3 is 0 Å². The van der Waals surface area contributed by atoms with Crippen LogP contribution < -0.4 is 10.1 Å². The summed E-state index contributed by atoms with van der Waals surface area (Å²) >= 11 is 0. The number of aromatic nitrogens is 5. The predicted molar refractivity (Wildman–Crippen MR) is 127 cm³/mol. The van der Waals surface area contributed by atoms with E-state index in [9.17, 15) is 8.78 Å². The van der Waals surface area contributed by atoms with Gasteiger partial charge in [0, 0.05) is 6.54 Å².